The van der Waals surface area contributed by atoms with Crippen molar-refractivity contribution in [3.05, 3.63) is 0 Å². The fourth-order valence-electron chi connectivity index (χ4n) is 6.27. The Morgan fingerprint density at radius 2 is 1.70 bits per heavy atom. The molecule has 2 atom stereocenters. The molecule has 0 aromatic rings. The van der Waals surface area contributed by atoms with Gasteiger partial charge in [0.25, 0.3) is 0 Å². The van der Waals surface area contributed by atoms with Gasteiger partial charge in [-0.25, -0.2) is 0 Å². The molecule has 0 radical (unpaired) electrons. The van der Waals surface area contributed by atoms with Gasteiger partial charge in [-0.1, -0.05) is 20.8 Å². The van der Waals surface area contributed by atoms with Gasteiger partial charge in [0.2, 0.25) is 0 Å². The molecular weight excluding hydrogens is 244 g/mol. The van der Waals surface area contributed by atoms with Crippen molar-refractivity contribution in [2.24, 2.45) is 22.7 Å². The Morgan fingerprint density at radius 3 is 2.25 bits per heavy atom. The lowest BCUT2D eigenvalue weighted by atomic mass is 9.44. The molecular formula is C18H34N2. The second kappa shape index (κ2) is 5.61. The first kappa shape index (κ1) is 14.8. The summed E-state index contributed by atoms with van der Waals surface area (Å²) < 4.78 is 0. The maximum absolute atomic E-state index is 3.82. The lowest BCUT2D eigenvalue weighted by Gasteiger charge is -2.61. The summed E-state index contributed by atoms with van der Waals surface area (Å²) >= 11 is 0. The second-order valence-electron chi connectivity index (χ2n) is 8.48. The van der Waals surface area contributed by atoms with Crippen molar-refractivity contribution >= 4 is 0 Å². The Hall–Kier alpha value is -0.0800. The minimum Gasteiger partial charge on any atom is -0.315 e. The highest BCUT2D eigenvalue weighted by Gasteiger charge is 2.55. The summed E-state index contributed by atoms with van der Waals surface area (Å²) in [5.74, 6) is 2.12. The number of likely N-dealkylation sites (N-methyl/N-ethyl adjacent to an activating group) is 1. The minimum absolute atomic E-state index is 0.669. The molecule has 0 amide bonds. The Labute approximate surface area is 125 Å². The van der Waals surface area contributed by atoms with E-state index in [0.717, 1.165) is 11.8 Å². The van der Waals surface area contributed by atoms with Gasteiger partial charge in [0.15, 0.2) is 0 Å². The topological polar surface area (TPSA) is 15.3 Å². The van der Waals surface area contributed by atoms with Crippen LogP contribution in [0, 0.1) is 22.7 Å². The van der Waals surface area contributed by atoms with Gasteiger partial charge in [0.1, 0.15) is 0 Å². The molecule has 2 nitrogen and oxygen atoms in total. The highest BCUT2D eigenvalue weighted by atomic mass is 15.1. The van der Waals surface area contributed by atoms with E-state index in [9.17, 15) is 0 Å². The number of nitrogens with one attached hydrogen (secondary N) is 1. The first-order valence-electron chi connectivity index (χ1n) is 8.99. The van der Waals surface area contributed by atoms with Crippen LogP contribution in [0.25, 0.3) is 0 Å². The van der Waals surface area contributed by atoms with Crippen molar-refractivity contribution < 1.29 is 0 Å². The summed E-state index contributed by atoms with van der Waals surface area (Å²) in [6.45, 7) is 13.2. The first-order valence-corrected chi connectivity index (χ1v) is 8.99. The molecule has 4 aliphatic rings. The van der Waals surface area contributed by atoms with Crippen molar-refractivity contribution in [2.75, 3.05) is 32.7 Å². The Bertz CT molecular complexity index is 320. The van der Waals surface area contributed by atoms with Gasteiger partial charge in [-0.05, 0) is 74.3 Å². The first-order chi connectivity index (χ1) is 9.56. The van der Waals surface area contributed by atoms with Crippen LogP contribution in [0.2, 0.25) is 0 Å². The van der Waals surface area contributed by atoms with E-state index in [-0.39, 0.29) is 0 Å². The fraction of sp³-hybridized carbons (Fsp3) is 1.00. The van der Waals surface area contributed by atoms with E-state index in [1.54, 1.807) is 6.42 Å². The number of hydrogen-bond acceptors (Lipinski definition) is 2. The van der Waals surface area contributed by atoms with E-state index in [4.69, 9.17) is 0 Å². The zero-order valence-electron chi connectivity index (χ0n) is 13.9. The van der Waals surface area contributed by atoms with Gasteiger partial charge in [0.05, 0.1) is 0 Å². The molecule has 0 aliphatic heterocycles. The van der Waals surface area contributed by atoms with Crippen molar-refractivity contribution in [2.45, 2.75) is 59.3 Å². The zero-order valence-corrected chi connectivity index (χ0v) is 13.9. The van der Waals surface area contributed by atoms with Crippen LogP contribution in [0.1, 0.15) is 59.3 Å². The summed E-state index contributed by atoms with van der Waals surface area (Å²) in [5, 5.41) is 3.82. The molecule has 0 aromatic carbocycles. The summed E-state index contributed by atoms with van der Waals surface area (Å²) in [4.78, 5) is 2.52. The summed E-state index contributed by atoms with van der Waals surface area (Å²) in [6, 6.07) is 0. The predicted octanol–water partition coefficient (Wildman–Crippen LogP) is 3.52. The third kappa shape index (κ3) is 2.92. The third-order valence-electron chi connectivity index (χ3n) is 6.47. The molecule has 4 fully saturated rings. The monoisotopic (exact) mass is 278 g/mol. The zero-order chi connectivity index (χ0) is 14.2. The molecule has 4 bridgehead atoms. The van der Waals surface area contributed by atoms with E-state index in [2.05, 4.69) is 31.0 Å². The highest BCUT2D eigenvalue weighted by Crippen LogP contribution is 2.64. The van der Waals surface area contributed by atoms with E-state index in [0.29, 0.717) is 10.8 Å². The summed E-state index contributed by atoms with van der Waals surface area (Å²) in [5.41, 5.74) is 1.37. The smallest absolute Gasteiger partial charge is 0.0107 e. The van der Waals surface area contributed by atoms with Gasteiger partial charge in [-0.3, -0.25) is 0 Å². The van der Waals surface area contributed by atoms with Crippen LogP contribution in [-0.4, -0.2) is 37.6 Å². The van der Waals surface area contributed by atoms with Crippen molar-refractivity contribution in [1.29, 1.82) is 0 Å². The number of rotatable bonds is 7. The van der Waals surface area contributed by atoms with Gasteiger partial charge in [-0.15, -0.1) is 0 Å². The Balaban J connectivity index is 1.50. The van der Waals surface area contributed by atoms with Crippen LogP contribution < -0.4 is 5.32 Å². The minimum atomic E-state index is 0.669. The molecule has 116 valence electrons. The maximum atomic E-state index is 3.82. The molecule has 1 N–H and O–H groups in total. The second-order valence-corrected chi connectivity index (χ2v) is 8.48. The van der Waals surface area contributed by atoms with Gasteiger partial charge >= 0.3 is 0 Å². The van der Waals surface area contributed by atoms with Crippen LogP contribution in [0.3, 0.4) is 0 Å². The molecule has 0 heterocycles. The van der Waals surface area contributed by atoms with Crippen LogP contribution in [0.15, 0.2) is 0 Å². The van der Waals surface area contributed by atoms with Crippen LogP contribution in [0.4, 0.5) is 0 Å². The van der Waals surface area contributed by atoms with Crippen molar-refractivity contribution in [3.8, 4) is 0 Å². The molecule has 2 heteroatoms. The summed E-state index contributed by atoms with van der Waals surface area (Å²) in [7, 11) is 0. The largest absolute Gasteiger partial charge is 0.315 e. The molecule has 0 spiro atoms. The SMILES string of the molecule is CCN(CC)CCNCC12CC3CC(CC(C)(C3)C1)C2. The quantitative estimate of drug-likeness (QED) is 0.717. The lowest BCUT2D eigenvalue weighted by Crippen LogP contribution is -2.54. The van der Waals surface area contributed by atoms with E-state index in [1.807, 2.05) is 0 Å². The molecule has 20 heavy (non-hydrogen) atoms. The Morgan fingerprint density at radius 1 is 1.05 bits per heavy atom. The van der Waals surface area contributed by atoms with Crippen LogP contribution in [0.5, 0.6) is 0 Å². The molecule has 4 rings (SSSR count). The van der Waals surface area contributed by atoms with Crippen LogP contribution in [-0.2, 0) is 0 Å². The molecule has 4 saturated carbocycles. The fourth-order valence-corrected chi connectivity index (χ4v) is 6.27. The number of hydrogen-bond donors (Lipinski definition) is 1. The lowest BCUT2D eigenvalue weighted by molar-refractivity contribution is -0.0998. The molecule has 0 saturated heterocycles. The molecule has 4 aliphatic carbocycles. The standard InChI is InChI=1S/C18H34N2/c1-4-20(5-2)7-6-19-14-18-11-15-8-16(12-18)10-17(3,9-15)13-18/h15-16,19H,4-14H2,1-3H3. The van der Waals surface area contributed by atoms with Gasteiger partial charge in [0, 0.05) is 19.6 Å². The molecule has 2 unspecified atom stereocenters. The van der Waals surface area contributed by atoms with Crippen LogP contribution >= 0.6 is 0 Å². The highest BCUT2D eigenvalue weighted by molar-refractivity contribution is 5.06. The van der Waals surface area contributed by atoms with E-state index >= 15 is 0 Å². The average molecular weight is 278 g/mol. The maximum Gasteiger partial charge on any atom is 0.0107 e. The third-order valence-corrected chi connectivity index (χ3v) is 6.47. The predicted molar refractivity (Wildman–Crippen MR) is 85.9 cm³/mol. The van der Waals surface area contributed by atoms with E-state index in [1.165, 1.54) is 64.8 Å². The van der Waals surface area contributed by atoms with Gasteiger partial charge < -0.3 is 10.2 Å². The van der Waals surface area contributed by atoms with Crippen molar-refractivity contribution in [1.82, 2.24) is 10.2 Å². The average Bonchev–Trinajstić information content (AvgIpc) is 2.36. The Kier molecular flexibility index (Phi) is 4.16. The van der Waals surface area contributed by atoms with Gasteiger partial charge in [-0.2, -0.15) is 0 Å². The summed E-state index contributed by atoms with van der Waals surface area (Å²) in [6.07, 6.45) is 9.17. The number of nitrogens with zero attached hydrogens (tertiary/aromatic N) is 1. The normalized spacial score (nSPS) is 42.6. The van der Waals surface area contributed by atoms with Crippen molar-refractivity contribution in [3.63, 3.8) is 0 Å². The molecule has 0 aromatic heterocycles. The van der Waals surface area contributed by atoms with E-state index < -0.39 is 0 Å².